The summed E-state index contributed by atoms with van der Waals surface area (Å²) in [6, 6.07) is 17.8. The van der Waals surface area contributed by atoms with Crippen LogP contribution in [0.25, 0.3) is 0 Å². The highest BCUT2D eigenvalue weighted by Crippen LogP contribution is 2.17. The second-order valence-corrected chi connectivity index (χ2v) is 5.81. The molecule has 128 valence electrons. The van der Waals surface area contributed by atoms with Crippen LogP contribution in [-0.2, 0) is 11.3 Å². The summed E-state index contributed by atoms with van der Waals surface area (Å²) < 4.78 is 1.73. The lowest BCUT2D eigenvalue weighted by Gasteiger charge is -2.19. The van der Waals surface area contributed by atoms with Gasteiger partial charge in [-0.2, -0.15) is 5.10 Å². The zero-order valence-corrected chi connectivity index (χ0v) is 14.2. The summed E-state index contributed by atoms with van der Waals surface area (Å²) in [5, 5.41) is 7.11. The molecule has 0 saturated heterocycles. The Balaban J connectivity index is 1.58. The molecular formula is C19H21N5O. The van der Waals surface area contributed by atoms with Crippen molar-refractivity contribution < 1.29 is 4.79 Å². The third-order valence-corrected chi connectivity index (χ3v) is 3.96. The summed E-state index contributed by atoms with van der Waals surface area (Å²) in [5.74, 6) is -0.00572. The second-order valence-electron chi connectivity index (χ2n) is 5.81. The summed E-state index contributed by atoms with van der Waals surface area (Å²) in [6.07, 6.45) is 3.58. The summed E-state index contributed by atoms with van der Waals surface area (Å²) in [6.45, 7) is 1.22. The first-order chi connectivity index (χ1) is 12.2. The zero-order valence-electron chi connectivity index (χ0n) is 14.2. The number of nitrogens with one attached hydrogen (secondary N) is 1. The van der Waals surface area contributed by atoms with Crippen molar-refractivity contribution in [1.82, 2.24) is 14.8 Å². The van der Waals surface area contributed by atoms with Crippen molar-refractivity contribution in [2.45, 2.75) is 13.0 Å². The number of para-hydroxylation sites is 2. The zero-order chi connectivity index (χ0) is 17.5. The predicted molar refractivity (Wildman–Crippen MR) is 98.5 cm³/mol. The normalized spacial score (nSPS) is 10.4. The first kappa shape index (κ1) is 16.7. The highest BCUT2D eigenvalue weighted by molar-refractivity contribution is 5.91. The fraction of sp³-hybridized carbons (Fsp3) is 0.211. The van der Waals surface area contributed by atoms with Gasteiger partial charge >= 0.3 is 0 Å². The number of hydrogen-bond donors (Lipinski definition) is 1. The molecule has 0 aliphatic rings. The van der Waals surface area contributed by atoms with Crippen LogP contribution in [-0.4, -0.2) is 34.3 Å². The average Bonchev–Trinajstić information content (AvgIpc) is 3.15. The second kappa shape index (κ2) is 8.10. The molecule has 6 heteroatoms. The third-order valence-electron chi connectivity index (χ3n) is 3.96. The summed E-state index contributed by atoms with van der Waals surface area (Å²) in [4.78, 5) is 18.3. The van der Waals surface area contributed by atoms with Gasteiger partial charge in [0, 0.05) is 31.4 Å². The smallest absolute Gasteiger partial charge is 0.226 e. The molecule has 0 bridgehead atoms. The lowest BCUT2D eigenvalue weighted by molar-refractivity contribution is -0.116. The highest BCUT2D eigenvalue weighted by Gasteiger charge is 2.09. The van der Waals surface area contributed by atoms with Crippen molar-refractivity contribution in [1.29, 1.82) is 0 Å². The van der Waals surface area contributed by atoms with E-state index in [4.69, 9.17) is 0 Å². The maximum atomic E-state index is 12.3. The largest absolute Gasteiger partial charge is 0.374 e. The fourth-order valence-corrected chi connectivity index (χ4v) is 2.56. The molecule has 1 amide bonds. The Labute approximate surface area is 147 Å². The minimum Gasteiger partial charge on any atom is -0.374 e. The standard InChI is InChI=1S/C19H21N5O/c1-23(17-8-3-2-4-9-17)12-11-19(25)22-18-10-6-5-7-16(18)13-24-15-20-14-21-24/h2-10,14-15H,11-13H2,1H3,(H,22,25). The summed E-state index contributed by atoms with van der Waals surface area (Å²) in [5.41, 5.74) is 2.91. The summed E-state index contributed by atoms with van der Waals surface area (Å²) in [7, 11) is 1.99. The summed E-state index contributed by atoms with van der Waals surface area (Å²) >= 11 is 0. The molecule has 0 atom stereocenters. The van der Waals surface area contributed by atoms with Crippen LogP contribution in [0.15, 0.2) is 67.3 Å². The molecule has 25 heavy (non-hydrogen) atoms. The molecule has 2 aromatic carbocycles. The van der Waals surface area contributed by atoms with Crippen LogP contribution in [0, 0.1) is 0 Å². The van der Waals surface area contributed by atoms with Crippen LogP contribution >= 0.6 is 0 Å². The molecule has 1 aromatic heterocycles. The number of hydrogen-bond acceptors (Lipinski definition) is 4. The van der Waals surface area contributed by atoms with Gasteiger partial charge in [-0.25, -0.2) is 9.67 Å². The van der Waals surface area contributed by atoms with Crippen molar-refractivity contribution >= 4 is 17.3 Å². The Kier molecular flexibility index (Phi) is 5.41. The molecule has 0 radical (unpaired) electrons. The number of benzene rings is 2. The van der Waals surface area contributed by atoms with Crippen molar-refractivity contribution in [3.63, 3.8) is 0 Å². The average molecular weight is 335 g/mol. The molecule has 0 aliphatic heterocycles. The van der Waals surface area contributed by atoms with E-state index in [0.29, 0.717) is 19.5 Å². The van der Waals surface area contributed by atoms with Crippen LogP contribution in [0.3, 0.4) is 0 Å². The topological polar surface area (TPSA) is 63.1 Å². The Hall–Kier alpha value is -3.15. The maximum Gasteiger partial charge on any atom is 0.226 e. The fourth-order valence-electron chi connectivity index (χ4n) is 2.56. The molecule has 6 nitrogen and oxygen atoms in total. The lowest BCUT2D eigenvalue weighted by Crippen LogP contribution is -2.24. The Morgan fingerprint density at radius 2 is 1.88 bits per heavy atom. The Bertz CT molecular complexity index is 802. The molecular weight excluding hydrogens is 314 g/mol. The van der Waals surface area contributed by atoms with E-state index < -0.39 is 0 Å². The third kappa shape index (κ3) is 4.67. The van der Waals surface area contributed by atoms with Crippen molar-refractivity contribution in [3.8, 4) is 0 Å². The van der Waals surface area contributed by atoms with E-state index in [0.717, 1.165) is 16.9 Å². The monoisotopic (exact) mass is 335 g/mol. The quantitative estimate of drug-likeness (QED) is 0.721. The highest BCUT2D eigenvalue weighted by atomic mass is 16.1. The van der Waals surface area contributed by atoms with Crippen LogP contribution in [0.2, 0.25) is 0 Å². The van der Waals surface area contributed by atoms with Gasteiger partial charge in [-0.1, -0.05) is 36.4 Å². The number of anilines is 2. The van der Waals surface area contributed by atoms with Gasteiger partial charge in [-0.3, -0.25) is 4.79 Å². The number of carbonyl (C=O) groups is 1. The molecule has 1 heterocycles. The number of nitrogens with zero attached hydrogens (tertiary/aromatic N) is 4. The molecule has 0 spiro atoms. The number of aromatic nitrogens is 3. The molecule has 0 unspecified atom stereocenters. The van der Waals surface area contributed by atoms with Gasteiger partial charge in [-0.05, 0) is 23.8 Å². The van der Waals surface area contributed by atoms with E-state index in [1.165, 1.54) is 6.33 Å². The van der Waals surface area contributed by atoms with E-state index in [1.54, 1.807) is 11.0 Å². The van der Waals surface area contributed by atoms with Crippen LogP contribution in [0.4, 0.5) is 11.4 Å². The van der Waals surface area contributed by atoms with Gasteiger partial charge in [0.25, 0.3) is 0 Å². The van der Waals surface area contributed by atoms with E-state index in [1.807, 2.05) is 61.6 Å². The van der Waals surface area contributed by atoms with E-state index >= 15 is 0 Å². The molecule has 0 fully saturated rings. The number of carbonyl (C=O) groups excluding carboxylic acids is 1. The first-order valence-corrected chi connectivity index (χ1v) is 8.19. The first-order valence-electron chi connectivity index (χ1n) is 8.19. The van der Waals surface area contributed by atoms with Gasteiger partial charge in [0.05, 0.1) is 6.54 Å². The van der Waals surface area contributed by atoms with Crippen molar-refractivity contribution in [2.75, 3.05) is 23.8 Å². The number of amides is 1. The van der Waals surface area contributed by atoms with Gasteiger partial charge in [-0.15, -0.1) is 0 Å². The van der Waals surface area contributed by atoms with Crippen molar-refractivity contribution in [3.05, 3.63) is 72.8 Å². The van der Waals surface area contributed by atoms with Crippen LogP contribution in [0.5, 0.6) is 0 Å². The predicted octanol–water partition coefficient (Wildman–Crippen LogP) is 2.79. The lowest BCUT2D eigenvalue weighted by atomic mass is 10.1. The SMILES string of the molecule is CN(CCC(=O)Nc1ccccc1Cn1cncn1)c1ccccc1. The maximum absolute atomic E-state index is 12.3. The van der Waals surface area contributed by atoms with Crippen molar-refractivity contribution in [2.24, 2.45) is 0 Å². The van der Waals surface area contributed by atoms with E-state index in [-0.39, 0.29) is 5.91 Å². The van der Waals surface area contributed by atoms with Gasteiger partial charge in [0.15, 0.2) is 0 Å². The minimum absolute atomic E-state index is 0.00572. The molecule has 3 rings (SSSR count). The van der Waals surface area contributed by atoms with Crippen LogP contribution in [0.1, 0.15) is 12.0 Å². The molecule has 3 aromatic rings. The van der Waals surface area contributed by atoms with E-state index in [2.05, 4.69) is 20.3 Å². The molecule has 0 aliphatic carbocycles. The molecule has 0 saturated carbocycles. The van der Waals surface area contributed by atoms with Crippen LogP contribution < -0.4 is 10.2 Å². The minimum atomic E-state index is -0.00572. The van der Waals surface area contributed by atoms with Gasteiger partial charge in [0.2, 0.25) is 5.91 Å². The number of rotatable bonds is 7. The Morgan fingerprint density at radius 1 is 1.12 bits per heavy atom. The molecule has 1 N–H and O–H groups in total. The van der Waals surface area contributed by atoms with Gasteiger partial charge in [0.1, 0.15) is 12.7 Å². The van der Waals surface area contributed by atoms with Gasteiger partial charge < -0.3 is 10.2 Å². The Morgan fingerprint density at radius 3 is 2.64 bits per heavy atom. The van der Waals surface area contributed by atoms with E-state index in [9.17, 15) is 4.79 Å².